The molecule has 1 atom stereocenters. The lowest BCUT2D eigenvalue weighted by molar-refractivity contribution is -0.138. The Morgan fingerprint density at radius 1 is 1.56 bits per heavy atom. The number of nitrogens with zero attached hydrogens (tertiary/aromatic N) is 4. The number of nitrogens with one attached hydrogen (secondary N) is 1. The van der Waals surface area contributed by atoms with Crippen molar-refractivity contribution < 1.29 is 14.6 Å². The summed E-state index contributed by atoms with van der Waals surface area (Å²) in [5.74, 6) is 0.881. The zero-order valence-electron chi connectivity index (χ0n) is 14.9. The molecule has 1 saturated heterocycles. The van der Waals surface area contributed by atoms with E-state index >= 15 is 0 Å². The summed E-state index contributed by atoms with van der Waals surface area (Å²) in [5.41, 5.74) is 5.85. The summed E-state index contributed by atoms with van der Waals surface area (Å²) < 4.78 is 5.76. The third-order valence-corrected chi connectivity index (χ3v) is 3.95. The molecule has 25 heavy (non-hydrogen) atoms. The predicted molar refractivity (Wildman–Crippen MR) is 96.9 cm³/mol. The highest BCUT2D eigenvalue weighted by Crippen LogP contribution is 2.20. The van der Waals surface area contributed by atoms with Gasteiger partial charge in [-0.1, -0.05) is 13.3 Å². The highest BCUT2D eigenvalue weighted by Gasteiger charge is 2.24. The number of carbonyl (C=O) groups is 1. The van der Waals surface area contributed by atoms with Crippen LogP contribution >= 0.6 is 0 Å². The topological polar surface area (TPSA) is 117 Å². The number of nitrogens with two attached hydrogens (primary N) is 1. The number of carboxylic acids is 1. The first-order valence-corrected chi connectivity index (χ1v) is 8.63. The highest BCUT2D eigenvalue weighted by atomic mass is 16.5. The van der Waals surface area contributed by atoms with Crippen molar-refractivity contribution >= 4 is 23.6 Å². The Balaban J connectivity index is 1.98. The van der Waals surface area contributed by atoms with Gasteiger partial charge in [0.15, 0.2) is 0 Å². The molecule has 0 saturated carbocycles. The molecule has 4 N–H and O–H groups in total. The number of nitrogen functional groups attached to an aromatic ring is 1. The molecule has 0 aliphatic carbocycles. The first-order chi connectivity index (χ1) is 12.0. The maximum absolute atomic E-state index is 10.8. The van der Waals surface area contributed by atoms with Gasteiger partial charge in [-0.2, -0.15) is 9.97 Å². The van der Waals surface area contributed by atoms with E-state index in [1.165, 1.54) is 0 Å². The molecule has 1 aliphatic heterocycles. The van der Waals surface area contributed by atoms with Gasteiger partial charge in [0.2, 0.25) is 5.95 Å². The zero-order valence-corrected chi connectivity index (χ0v) is 14.9. The Bertz CT molecular complexity index is 571. The normalized spacial score (nSPS) is 17.7. The van der Waals surface area contributed by atoms with Crippen LogP contribution in [0.1, 0.15) is 19.8 Å². The van der Waals surface area contributed by atoms with Gasteiger partial charge in [0.05, 0.1) is 19.3 Å². The van der Waals surface area contributed by atoms with Crippen molar-refractivity contribution in [1.82, 2.24) is 14.9 Å². The van der Waals surface area contributed by atoms with Crippen LogP contribution in [-0.4, -0.2) is 78.4 Å². The smallest absolute Gasteiger partial charge is 0.317 e. The molecular weight excluding hydrogens is 324 g/mol. The van der Waals surface area contributed by atoms with Crippen LogP contribution in [0.3, 0.4) is 0 Å². The first-order valence-electron chi connectivity index (χ1n) is 8.63. The predicted octanol–water partition coefficient (Wildman–Crippen LogP) is 0.492. The number of aromatic nitrogens is 2. The summed E-state index contributed by atoms with van der Waals surface area (Å²) in [6.07, 6.45) is 2.09. The maximum Gasteiger partial charge on any atom is 0.317 e. The minimum absolute atomic E-state index is 0.00812. The zero-order chi connectivity index (χ0) is 18.2. The fourth-order valence-corrected chi connectivity index (χ4v) is 2.78. The maximum atomic E-state index is 10.8. The molecule has 0 bridgehead atoms. The van der Waals surface area contributed by atoms with Crippen molar-refractivity contribution in [3.05, 3.63) is 6.07 Å². The number of morpholine rings is 1. The second-order valence-corrected chi connectivity index (χ2v) is 6.28. The average Bonchev–Trinajstić information content (AvgIpc) is 2.54. The summed E-state index contributed by atoms with van der Waals surface area (Å²) >= 11 is 0. The number of carboxylic acid groups (broad SMARTS) is 1. The Morgan fingerprint density at radius 2 is 2.36 bits per heavy atom. The second kappa shape index (κ2) is 9.38. The number of rotatable bonds is 9. The third kappa shape index (κ3) is 6.35. The summed E-state index contributed by atoms with van der Waals surface area (Å²) in [7, 11) is 1.77. The molecule has 0 amide bonds. The minimum atomic E-state index is -0.846. The minimum Gasteiger partial charge on any atom is -0.480 e. The molecule has 1 aromatic heterocycles. The van der Waals surface area contributed by atoms with Crippen LogP contribution in [0, 0.1) is 0 Å². The Hall–Kier alpha value is -2.13. The van der Waals surface area contributed by atoms with E-state index in [9.17, 15) is 4.79 Å². The van der Waals surface area contributed by atoms with E-state index in [2.05, 4.69) is 27.1 Å². The fourth-order valence-electron chi connectivity index (χ4n) is 2.78. The Labute approximate surface area is 148 Å². The molecule has 1 unspecified atom stereocenters. The van der Waals surface area contributed by atoms with E-state index < -0.39 is 5.97 Å². The van der Waals surface area contributed by atoms with Crippen molar-refractivity contribution in [2.75, 3.05) is 62.3 Å². The van der Waals surface area contributed by atoms with Gasteiger partial charge in [0, 0.05) is 32.2 Å². The number of anilines is 3. The largest absolute Gasteiger partial charge is 0.480 e. The van der Waals surface area contributed by atoms with Crippen LogP contribution < -0.4 is 16.0 Å². The van der Waals surface area contributed by atoms with Gasteiger partial charge in [0.1, 0.15) is 11.6 Å². The third-order valence-electron chi connectivity index (χ3n) is 3.95. The Kier molecular flexibility index (Phi) is 7.20. The van der Waals surface area contributed by atoms with E-state index in [1.54, 1.807) is 11.9 Å². The summed E-state index contributed by atoms with van der Waals surface area (Å²) in [4.78, 5) is 23.2. The van der Waals surface area contributed by atoms with E-state index in [-0.39, 0.29) is 18.6 Å². The lowest BCUT2D eigenvalue weighted by atomic mass is 10.2. The summed E-state index contributed by atoms with van der Waals surface area (Å²) in [6.45, 7) is 5.43. The van der Waals surface area contributed by atoms with Crippen molar-refractivity contribution in [2.45, 2.75) is 25.9 Å². The first kappa shape index (κ1) is 19.2. The molecule has 0 aromatic carbocycles. The van der Waals surface area contributed by atoms with Crippen LogP contribution in [0.4, 0.5) is 17.6 Å². The molecule has 2 heterocycles. The molecular formula is C16H28N6O3. The fraction of sp³-hybridized carbons (Fsp3) is 0.688. The quantitative estimate of drug-likeness (QED) is 0.546. The van der Waals surface area contributed by atoms with E-state index in [1.807, 2.05) is 6.07 Å². The van der Waals surface area contributed by atoms with Crippen molar-refractivity contribution in [3.63, 3.8) is 0 Å². The molecule has 9 heteroatoms. The molecule has 140 valence electrons. The van der Waals surface area contributed by atoms with Crippen molar-refractivity contribution in [2.24, 2.45) is 0 Å². The van der Waals surface area contributed by atoms with Gasteiger partial charge < -0.3 is 25.8 Å². The SMILES string of the molecule is CCCCNc1cc(N2CCOC(CN(C)CC(=O)O)C2)nc(N)n1. The van der Waals surface area contributed by atoms with Gasteiger partial charge in [0.25, 0.3) is 0 Å². The van der Waals surface area contributed by atoms with Crippen LogP contribution in [0.2, 0.25) is 0 Å². The lowest BCUT2D eigenvalue weighted by Crippen LogP contribution is -2.48. The summed E-state index contributed by atoms with van der Waals surface area (Å²) in [6, 6.07) is 1.90. The molecule has 1 aromatic rings. The Morgan fingerprint density at radius 3 is 3.08 bits per heavy atom. The van der Waals surface area contributed by atoms with E-state index in [4.69, 9.17) is 15.6 Å². The number of hydrogen-bond donors (Lipinski definition) is 3. The van der Waals surface area contributed by atoms with Crippen LogP contribution in [0.25, 0.3) is 0 Å². The van der Waals surface area contributed by atoms with E-state index in [0.29, 0.717) is 26.2 Å². The standard InChI is InChI=1S/C16H28N6O3/c1-3-4-5-18-13-8-14(20-16(17)19-13)22-6-7-25-12(10-22)9-21(2)11-15(23)24/h8,12H,3-7,9-11H2,1-2H3,(H,23,24)(H3,17,18,19,20). The van der Waals surface area contributed by atoms with Crippen molar-refractivity contribution in [1.29, 1.82) is 0 Å². The van der Waals surface area contributed by atoms with Gasteiger partial charge in [-0.15, -0.1) is 0 Å². The summed E-state index contributed by atoms with van der Waals surface area (Å²) in [5, 5.41) is 12.1. The number of likely N-dealkylation sites (N-methyl/N-ethyl adjacent to an activating group) is 1. The molecule has 2 rings (SSSR count). The molecule has 0 spiro atoms. The molecule has 9 nitrogen and oxygen atoms in total. The molecule has 0 radical (unpaired) electrons. The highest BCUT2D eigenvalue weighted by molar-refractivity contribution is 5.69. The van der Waals surface area contributed by atoms with Gasteiger partial charge >= 0.3 is 5.97 Å². The average molecular weight is 352 g/mol. The van der Waals surface area contributed by atoms with Crippen molar-refractivity contribution in [3.8, 4) is 0 Å². The van der Waals surface area contributed by atoms with E-state index in [0.717, 1.165) is 31.0 Å². The van der Waals surface area contributed by atoms with Crippen LogP contribution in [0.5, 0.6) is 0 Å². The monoisotopic (exact) mass is 352 g/mol. The molecule has 1 aliphatic rings. The number of ether oxygens (including phenoxy) is 1. The number of hydrogen-bond acceptors (Lipinski definition) is 8. The second-order valence-electron chi connectivity index (χ2n) is 6.28. The molecule has 1 fully saturated rings. The number of aliphatic carboxylic acids is 1. The van der Waals surface area contributed by atoms with Gasteiger partial charge in [-0.05, 0) is 13.5 Å². The number of unbranched alkanes of at least 4 members (excludes halogenated alkanes) is 1. The van der Waals surface area contributed by atoms with Gasteiger partial charge in [-0.3, -0.25) is 9.69 Å². The lowest BCUT2D eigenvalue weighted by Gasteiger charge is -2.35. The van der Waals surface area contributed by atoms with Crippen LogP contribution in [0.15, 0.2) is 6.07 Å². The van der Waals surface area contributed by atoms with Gasteiger partial charge in [-0.25, -0.2) is 0 Å². The van der Waals surface area contributed by atoms with Crippen LogP contribution in [-0.2, 0) is 9.53 Å².